The second kappa shape index (κ2) is 5.74. The molecule has 0 bridgehead atoms. The van der Waals surface area contributed by atoms with Crippen molar-refractivity contribution in [3.8, 4) is 0 Å². The van der Waals surface area contributed by atoms with Gasteiger partial charge < -0.3 is 10.6 Å². The summed E-state index contributed by atoms with van der Waals surface area (Å²) in [6.45, 7) is 8.05. The van der Waals surface area contributed by atoms with E-state index in [1.807, 2.05) is 11.8 Å². The molecule has 1 unspecified atom stereocenters. The molecule has 19 heavy (non-hydrogen) atoms. The smallest absolute Gasteiger partial charge is 0.244 e. The van der Waals surface area contributed by atoms with E-state index in [-0.39, 0.29) is 5.91 Å². The Morgan fingerprint density at radius 3 is 2.47 bits per heavy atom. The molecule has 0 aliphatic carbocycles. The van der Waals surface area contributed by atoms with Gasteiger partial charge in [-0.1, -0.05) is 32.0 Å². The van der Waals surface area contributed by atoms with Crippen molar-refractivity contribution in [2.24, 2.45) is 5.73 Å². The molecule has 1 aliphatic heterocycles. The lowest BCUT2D eigenvalue weighted by Crippen LogP contribution is -2.36. The van der Waals surface area contributed by atoms with E-state index >= 15 is 0 Å². The molecule has 1 fully saturated rings. The number of rotatable bonds is 3. The summed E-state index contributed by atoms with van der Waals surface area (Å²) >= 11 is 0. The van der Waals surface area contributed by atoms with E-state index in [1.54, 1.807) is 0 Å². The van der Waals surface area contributed by atoms with Gasteiger partial charge in [0.2, 0.25) is 5.91 Å². The molecule has 2 rings (SSSR count). The molecule has 0 radical (unpaired) electrons. The summed E-state index contributed by atoms with van der Waals surface area (Å²) in [5, 5.41) is 0. The highest BCUT2D eigenvalue weighted by molar-refractivity contribution is 5.83. The van der Waals surface area contributed by atoms with Crippen molar-refractivity contribution in [2.45, 2.75) is 45.6 Å². The average Bonchev–Trinajstić information content (AvgIpc) is 2.91. The van der Waals surface area contributed by atoms with Crippen LogP contribution in [0.3, 0.4) is 0 Å². The minimum Gasteiger partial charge on any atom is -0.341 e. The molecular weight excluding hydrogens is 236 g/mol. The van der Waals surface area contributed by atoms with Gasteiger partial charge in [-0.2, -0.15) is 0 Å². The van der Waals surface area contributed by atoms with E-state index < -0.39 is 6.04 Å². The van der Waals surface area contributed by atoms with Gasteiger partial charge in [0.15, 0.2) is 0 Å². The lowest BCUT2D eigenvalue weighted by Gasteiger charge is -2.22. The lowest BCUT2D eigenvalue weighted by molar-refractivity contribution is -0.131. The summed E-state index contributed by atoms with van der Waals surface area (Å²) in [5.41, 5.74) is 9.51. The highest BCUT2D eigenvalue weighted by Crippen LogP contribution is 2.24. The van der Waals surface area contributed by atoms with Crippen molar-refractivity contribution in [3.63, 3.8) is 0 Å². The third-order valence-electron chi connectivity index (χ3n) is 3.99. The van der Waals surface area contributed by atoms with Crippen LogP contribution in [0.1, 0.15) is 55.3 Å². The van der Waals surface area contributed by atoms with Gasteiger partial charge in [-0.05, 0) is 42.4 Å². The average molecular weight is 260 g/mol. The fourth-order valence-corrected chi connectivity index (χ4v) is 2.62. The Labute approximate surface area is 115 Å². The minimum absolute atomic E-state index is 0.0708. The second-order valence-corrected chi connectivity index (χ2v) is 5.78. The van der Waals surface area contributed by atoms with Gasteiger partial charge >= 0.3 is 0 Å². The first kappa shape index (κ1) is 14.1. The first-order chi connectivity index (χ1) is 9.00. The minimum atomic E-state index is -0.517. The Morgan fingerprint density at radius 2 is 1.89 bits per heavy atom. The largest absolute Gasteiger partial charge is 0.341 e. The van der Waals surface area contributed by atoms with Crippen molar-refractivity contribution in [2.75, 3.05) is 13.1 Å². The van der Waals surface area contributed by atoms with Crippen LogP contribution in [0.4, 0.5) is 0 Å². The molecule has 3 nitrogen and oxygen atoms in total. The maximum atomic E-state index is 12.4. The van der Waals surface area contributed by atoms with E-state index in [9.17, 15) is 4.79 Å². The van der Waals surface area contributed by atoms with Crippen LogP contribution < -0.4 is 5.73 Å². The van der Waals surface area contributed by atoms with Crippen LogP contribution in [-0.4, -0.2) is 23.9 Å². The molecule has 104 valence electrons. The third-order valence-corrected chi connectivity index (χ3v) is 3.99. The van der Waals surface area contributed by atoms with E-state index in [1.165, 1.54) is 5.56 Å². The van der Waals surface area contributed by atoms with Crippen LogP contribution >= 0.6 is 0 Å². The zero-order valence-electron chi connectivity index (χ0n) is 12.1. The van der Waals surface area contributed by atoms with E-state index in [4.69, 9.17) is 5.73 Å². The lowest BCUT2D eigenvalue weighted by atomic mass is 9.94. The van der Waals surface area contributed by atoms with Gasteiger partial charge in [-0.3, -0.25) is 4.79 Å². The Morgan fingerprint density at radius 1 is 1.26 bits per heavy atom. The van der Waals surface area contributed by atoms with Gasteiger partial charge in [0.05, 0.1) is 0 Å². The van der Waals surface area contributed by atoms with Crippen LogP contribution in [0.25, 0.3) is 0 Å². The first-order valence-corrected chi connectivity index (χ1v) is 7.15. The molecule has 0 spiro atoms. The molecule has 2 N–H and O–H groups in total. The van der Waals surface area contributed by atoms with E-state index in [0.717, 1.165) is 37.1 Å². The number of nitrogens with zero attached hydrogens (tertiary/aromatic N) is 1. The Bertz CT molecular complexity index is 462. The maximum absolute atomic E-state index is 12.4. The quantitative estimate of drug-likeness (QED) is 0.908. The highest BCUT2D eigenvalue weighted by Gasteiger charge is 2.26. The van der Waals surface area contributed by atoms with Gasteiger partial charge in [0.25, 0.3) is 0 Å². The number of hydrogen-bond acceptors (Lipinski definition) is 2. The number of benzene rings is 1. The SMILES string of the molecule is Cc1ccc(C(C)C)cc1C(N)C(=O)N1CCCC1. The van der Waals surface area contributed by atoms with Crippen molar-refractivity contribution in [1.82, 2.24) is 4.90 Å². The predicted molar refractivity (Wildman–Crippen MR) is 78.0 cm³/mol. The molecule has 0 saturated carbocycles. The number of carbonyl (C=O) groups is 1. The van der Waals surface area contributed by atoms with Crippen LogP contribution in [0.15, 0.2) is 18.2 Å². The molecule has 3 heteroatoms. The zero-order chi connectivity index (χ0) is 14.0. The van der Waals surface area contributed by atoms with Crippen LogP contribution in [-0.2, 0) is 4.79 Å². The molecule has 1 atom stereocenters. The van der Waals surface area contributed by atoms with Gasteiger partial charge in [-0.25, -0.2) is 0 Å². The van der Waals surface area contributed by atoms with Crippen LogP contribution in [0.5, 0.6) is 0 Å². The fraction of sp³-hybridized carbons (Fsp3) is 0.562. The standard InChI is InChI=1S/C16H24N2O/c1-11(2)13-7-6-12(3)14(10-13)15(17)16(19)18-8-4-5-9-18/h6-7,10-11,15H,4-5,8-9,17H2,1-3H3. The van der Waals surface area contributed by atoms with Gasteiger partial charge in [-0.15, -0.1) is 0 Å². The number of carbonyl (C=O) groups excluding carboxylic acids is 1. The molecule has 1 aromatic carbocycles. The first-order valence-electron chi connectivity index (χ1n) is 7.15. The fourth-order valence-electron chi connectivity index (χ4n) is 2.62. The van der Waals surface area contributed by atoms with E-state index in [0.29, 0.717) is 5.92 Å². The highest BCUT2D eigenvalue weighted by atomic mass is 16.2. The summed E-state index contributed by atoms with van der Waals surface area (Å²) in [6.07, 6.45) is 2.20. The normalized spacial score (nSPS) is 17.0. The molecule has 1 aliphatic rings. The molecule has 1 amide bonds. The molecule has 1 heterocycles. The third kappa shape index (κ3) is 2.98. The Hall–Kier alpha value is -1.35. The summed E-state index contributed by atoms with van der Waals surface area (Å²) in [5.74, 6) is 0.523. The molecular formula is C16H24N2O. The van der Waals surface area contributed by atoms with Gasteiger partial charge in [0, 0.05) is 13.1 Å². The number of hydrogen-bond donors (Lipinski definition) is 1. The molecule has 0 aromatic heterocycles. The zero-order valence-corrected chi connectivity index (χ0v) is 12.1. The Balaban J connectivity index is 2.24. The predicted octanol–water partition coefficient (Wildman–Crippen LogP) is 2.74. The molecule has 1 aromatic rings. The van der Waals surface area contributed by atoms with Crippen molar-refractivity contribution in [3.05, 3.63) is 34.9 Å². The summed E-state index contributed by atoms with van der Waals surface area (Å²) in [4.78, 5) is 14.3. The number of likely N-dealkylation sites (tertiary alicyclic amines) is 1. The number of nitrogens with two attached hydrogens (primary N) is 1. The van der Waals surface area contributed by atoms with Gasteiger partial charge in [0.1, 0.15) is 6.04 Å². The topological polar surface area (TPSA) is 46.3 Å². The second-order valence-electron chi connectivity index (χ2n) is 5.78. The van der Waals surface area contributed by atoms with Crippen LogP contribution in [0.2, 0.25) is 0 Å². The maximum Gasteiger partial charge on any atom is 0.244 e. The summed E-state index contributed by atoms with van der Waals surface area (Å²) in [7, 11) is 0. The van der Waals surface area contributed by atoms with Crippen molar-refractivity contribution in [1.29, 1.82) is 0 Å². The monoisotopic (exact) mass is 260 g/mol. The summed E-state index contributed by atoms with van der Waals surface area (Å²) in [6, 6.07) is 5.77. The van der Waals surface area contributed by atoms with Crippen molar-refractivity contribution >= 4 is 5.91 Å². The van der Waals surface area contributed by atoms with E-state index in [2.05, 4.69) is 32.0 Å². The molecule has 1 saturated heterocycles. The Kier molecular flexibility index (Phi) is 4.25. The van der Waals surface area contributed by atoms with Crippen LogP contribution in [0, 0.1) is 6.92 Å². The van der Waals surface area contributed by atoms with Crippen molar-refractivity contribution < 1.29 is 4.79 Å². The summed E-state index contributed by atoms with van der Waals surface area (Å²) < 4.78 is 0. The number of aryl methyl sites for hydroxylation is 1. The number of amides is 1.